The number of anilines is 1. The van der Waals surface area contributed by atoms with E-state index in [-0.39, 0.29) is 29.8 Å². The molecule has 2 heterocycles. The number of carbonyl (C=O) groups excluding carboxylic acids is 1. The molecule has 1 fully saturated rings. The van der Waals surface area contributed by atoms with Gasteiger partial charge < -0.3 is 4.90 Å². The second-order valence-corrected chi connectivity index (χ2v) is 6.33. The molecular formula is C10H16N6O3S. The first-order chi connectivity index (χ1) is 9.45. The third-order valence-corrected chi connectivity index (χ3v) is 4.83. The van der Waals surface area contributed by atoms with Crippen LogP contribution in [0.5, 0.6) is 0 Å². The highest BCUT2D eigenvalue weighted by Crippen LogP contribution is 2.16. The van der Waals surface area contributed by atoms with Crippen molar-refractivity contribution in [2.45, 2.75) is 11.3 Å². The fourth-order valence-electron chi connectivity index (χ4n) is 1.84. The van der Waals surface area contributed by atoms with Gasteiger partial charge in [-0.15, -0.1) is 0 Å². The lowest BCUT2D eigenvalue weighted by atomic mass is 10.4. The zero-order valence-electron chi connectivity index (χ0n) is 11.0. The van der Waals surface area contributed by atoms with Gasteiger partial charge in [0.15, 0.2) is 0 Å². The molecule has 20 heavy (non-hydrogen) atoms. The first-order valence-corrected chi connectivity index (χ1v) is 7.42. The highest BCUT2D eigenvalue weighted by atomic mass is 32.2. The Bertz CT molecular complexity index is 588. The molecule has 10 heteroatoms. The number of nitrogens with two attached hydrogens (primary N) is 1. The fourth-order valence-corrected chi connectivity index (χ4v) is 3.16. The van der Waals surface area contributed by atoms with Gasteiger partial charge in [-0.25, -0.2) is 24.2 Å². The van der Waals surface area contributed by atoms with Crippen LogP contribution < -0.4 is 11.3 Å². The van der Waals surface area contributed by atoms with Crippen molar-refractivity contribution >= 4 is 21.9 Å². The van der Waals surface area contributed by atoms with E-state index >= 15 is 0 Å². The Labute approximate surface area is 116 Å². The van der Waals surface area contributed by atoms with Crippen LogP contribution in [0.4, 0.5) is 5.95 Å². The number of likely N-dealkylation sites (N-methyl/N-ethyl adjacent to an activating group) is 1. The summed E-state index contributed by atoms with van der Waals surface area (Å²) in [4.78, 5) is 20.8. The molecule has 0 saturated carbocycles. The zero-order chi connectivity index (χ0) is 14.8. The molecule has 2 rings (SSSR count). The maximum absolute atomic E-state index is 12.4. The molecule has 0 aromatic carbocycles. The van der Waals surface area contributed by atoms with Gasteiger partial charge in [0.25, 0.3) is 0 Å². The average Bonchev–Trinajstić information content (AvgIpc) is 2.61. The number of sulfonamides is 1. The van der Waals surface area contributed by atoms with Crippen LogP contribution in [0, 0.1) is 0 Å². The van der Waals surface area contributed by atoms with Crippen LogP contribution >= 0.6 is 0 Å². The molecule has 0 unspecified atom stereocenters. The van der Waals surface area contributed by atoms with E-state index in [0.717, 1.165) is 16.7 Å². The predicted octanol–water partition coefficient (Wildman–Crippen LogP) is -1.38. The van der Waals surface area contributed by atoms with Gasteiger partial charge in [-0.05, 0) is 6.42 Å². The molecule has 0 spiro atoms. The minimum atomic E-state index is -3.77. The Kier molecular flexibility index (Phi) is 4.16. The quantitative estimate of drug-likeness (QED) is 0.521. The number of rotatable bonds is 3. The van der Waals surface area contributed by atoms with Crippen molar-refractivity contribution < 1.29 is 13.2 Å². The van der Waals surface area contributed by atoms with Crippen molar-refractivity contribution in [3.63, 3.8) is 0 Å². The molecule has 3 N–H and O–H groups in total. The number of aromatic nitrogens is 2. The Balaban J connectivity index is 2.26. The average molecular weight is 300 g/mol. The summed E-state index contributed by atoms with van der Waals surface area (Å²) in [5, 5.41) is 0. The molecule has 110 valence electrons. The minimum absolute atomic E-state index is 0.0612. The molecular weight excluding hydrogens is 284 g/mol. The summed E-state index contributed by atoms with van der Waals surface area (Å²) in [5.74, 6) is 5.01. The summed E-state index contributed by atoms with van der Waals surface area (Å²) in [7, 11) is -2.12. The number of amides is 1. The topological polar surface area (TPSA) is 122 Å². The van der Waals surface area contributed by atoms with E-state index in [2.05, 4.69) is 15.4 Å². The number of carbonyl (C=O) groups is 1. The Morgan fingerprint density at radius 2 is 1.95 bits per heavy atom. The molecule has 9 nitrogen and oxygen atoms in total. The van der Waals surface area contributed by atoms with E-state index in [1.54, 1.807) is 7.05 Å². The van der Waals surface area contributed by atoms with Gasteiger partial charge in [-0.3, -0.25) is 10.2 Å². The molecule has 1 aliphatic heterocycles. The first-order valence-electron chi connectivity index (χ1n) is 5.98. The van der Waals surface area contributed by atoms with Crippen LogP contribution in [-0.4, -0.2) is 60.2 Å². The maximum Gasteiger partial charge on any atom is 0.246 e. The van der Waals surface area contributed by atoms with Crippen molar-refractivity contribution in [1.82, 2.24) is 19.2 Å². The van der Waals surface area contributed by atoms with Gasteiger partial charge in [0, 0.05) is 20.1 Å². The lowest BCUT2D eigenvalue weighted by Crippen LogP contribution is -2.38. The van der Waals surface area contributed by atoms with Gasteiger partial charge >= 0.3 is 0 Å². The molecule has 1 amide bonds. The van der Waals surface area contributed by atoms with Crippen molar-refractivity contribution in [2.24, 2.45) is 5.84 Å². The van der Waals surface area contributed by atoms with Gasteiger partial charge in [-0.2, -0.15) is 4.31 Å². The SMILES string of the molecule is CN1CCCN(S(=O)(=O)c2cnc(NN)nc2)CC1=O. The van der Waals surface area contributed by atoms with Crippen LogP contribution in [0.15, 0.2) is 17.3 Å². The van der Waals surface area contributed by atoms with Crippen molar-refractivity contribution in [2.75, 3.05) is 32.1 Å². The highest BCUT2D eigenvalue weighted by molar-refractivity contribution is 7.89. The second-order valence-electron chi connectivity index (χ2n) is 4.39. The summed E-state index contributed by atoms with van der Waals surface area (Å²) in [6.45, 7) is 0.655. The molecule has 0 radical (unpaired) electrons. The van der Waals surface area contributed by atoms with Gasteiger partial charge in [0.1, 0.15) is 4.90 Å². The number of hydrogen-bond acceptors (Lipinski definition) is 7. The van der Waals surface area contributed by atoms with Crippen molar-refractivity contribution in [3.05, 3.63) is 12.4 Å². The monoisotopic (exact) mass is 300 g/mol. The molecule has 1 aromatic heterocycles. The first kappa shape index (κ1) is 14.6. The number of nitrogens with one attached hydrogen (secondary N) is 1. The standard InChI is InChI=1S/C10H16N6O3S/c1-15-3-2-4-16(7-9(15)17)20(18,19)8-5-12-10(14-11)13-6-8/h5-6H,2-4,7,11H2,1H3,(H,12,13,14). The van der Waals surface area contributed by atoms with Crippen LogP contribution in [-0.2, 0) is 14.8 Å². The lowest BCUT2D eigenvalue weighted by molar-refractivity contribution is -0.129. The van der Waals surface area contributed by atoms with E-state index in [9.17, 15) is 13.2 Å². The Morgan fingerprint density at radius 1 is 1.30 bits per heavy atom. The molecule has 0 atom stereocenters. The number of nitrogens with zero attached hydrogens (tertiary/aromatic N) is 4. The normalized spacial score (nSPS) is 17.9. The summed E-state index contributed by atoms with van der Waals surface area (Å²) in [6, 6.07) is 0. The summed E-state index contributed by atoms with van der Waals surface area (Å²) < 4.78 is 26.0. The summed E-state index contributed by atoms with van der Waals surface area (Å²) >= 11 is 0. The predicted molar refractivity (Wildman–Crippen MR) is 70.9 cm³/mol. The van der Waals surface area contributed by atoms with Crippen LogP contribution in [0.2, 0.25) is 0 Å². The maximum atomic E-state index is 12.4. The molecule has 0 aliphatic carbocycles. The largest absolute Gasteiger partial charge is 0.345 e. The second kappa shape index (κ2) is 5.69. The molecule has 1 aliphatic rings. The van der Waals surface area contributed by atoms with E-state index < -0.39 is 10.0 Å². The number of hydrazine groups is 1. The van der Waals surface area contributed by atoms with Gasteiger partial charge in [0.2, 0.25) is 21.9 Å². The van der Waals surface area contributed by atoms with E-state index in [0.29, 0.717) is 13.0 Å². The Hall–Kier alpha value is -1.78. The summed E-state index contributed by atoms with van der Waals surface area (Å²) in [5.41, 5.74) is 2.22. The van der Waals surface area contributed by atoms with E-state index in [1.807, 2.05) is 0 Å². The summed E-state index contributed by atoms with van der Waals surface area (Å²) in [6.07, 6.45) is 2.91. The number of nitrogen functional groups attached to an aromatic ring is 1. The molecule has 1 saturated heterocycles. The lowest BCUT2D eigenvalue weighted by Gasteiger charge is -2.19. The molecule has 1 aromatic rings. The number of hydrogen-bond donors (Lipinski definition) is 2. The van der Waals surface area contributed by atoms with Crippen molar-refractivity contribution in [3.8, 4) is 0 Å². The smallest absolute Gasteiger partial charge is 0.246 e. The van der Waals surface area contributed by atoms with Crippen LogP contribution in [0.3, 0.4) is 0 Å². The third-order valence-electron chi connectivity index (χ3n) is 3.03. The van der Waals surface area contributed by atoms with Gasteiger partial charge in [-0.1, -0.05) is 0 Å². The third kappa shape index (κ3) is 2.86. The van der Waals surface area contributed by atoms with Crippen molar-refractivity contribution in [1.29, 1.82) is 0 Å². The van der Waals surface area contributed by atoms with E-state index in [1.165, 1.54) is 4.90 Å². The highest BCUT2D eigenvalue weighted by Gasteiger charge is 2.30. The van der Waals surface area contributed by atoms with Gasteiger partial charge in [0.05, 0.1) is 18.9 Å². The van der Waals surface area contributed by atoms with Crippen LogP contribution in [0.25, 0.3) is 0 Å². The minimum Gasteiger partial charge on any atom is -0.345 e. The van der Waals surface area contributed by atoms with Crippen LogP contribution in [0.1, 0.15) is 6.42 Å². The van der Waals surface area contributed by atoms with E-state index in [4.69, 9.17) is 5.84 Å². The zero-order valence-corrected chi connectivity index (χ0v) is 11.8. The fraction of sp³-hybridized carbons (Fsp3) is 0.500. The molecule has 0 bridgehead atoms. The Morgan fingerprint density at radius 3 is 2.55 bits per heavy atom.